The van der Waals surface area contributed by atoms with Crippen LogP contribution in [0.1, 0.15) is 37.7 Å². The van der Waals surface area contributed by atoms with Crippen molar-refractivity contribution >= 4 is 33.5 Å². The van der Waals surface area contributed by atoms with Crippen molar-refractivity contribution in [3.8, 4) is 0 Å². The van der Waals surface area contributed by atoms with Crippen LogP contribution in [-0.2, 0) is 16.0 Å². The molecule has 8 heteroatoms. The number of carbonyl (C=O) groups is 2. The number of nitro benzene ring substituents is 1. The average molecular weight is 385 g/mol. The fourth-order valence-corrected chi connectivity index (χ4v) is 3.50. The molecule has 1 fully saturated rings. The second-order valence-corrected chi connectivity index (χ2v) is 6.67. The van der Waals surface area contributed by atoms with Gasteiger partial charge in [0.05, 0.1) is 23.3 Å². The monoisotopic (exact) mass is 384 g/mol. The third kappa shape index (κ3) is 4.51. The molecular weight excluding hydrogens is 368 g/mol. The van der Waals surface area contributed by atoms with Crippen LogP contribution in [0.5, 0.6) is 0 Å². The molecule has 0 spiro atoms. The van der Waals surface area contributed by atoms with E-state index in [1.54, 1.807) is 0 Å². The van der Waals surface area contributed by atoms with Crippen molar-refractivity contribution in [3.63, 3.8) is 0 Å². The Morgan fingerprint density at radius 3 is 2.52 bits per heavy atom. The molecule has 0 aliphatic heterocycles. The lowest BCUT2D eigenvalue weighted by atomic mass is 9.92. The summed E-state index contributed by atoms with van der Waals surface area (Å²) in [6.45, 7) is 0. The molecule has 1 amide bonds. The molecule has 7 nitrogen and oxygen atoms in total. The predicted molar refractivity (Wildman–Crippen MR) is 86.1 cm³/mol. The molecule has 0 saturated heterocycles. The molecule has 0 atom stereocenters. The molecule has 0 aromatic heterocycles. The van der Waals surface area contributed by atoms with E-state index >= 15 is 0 Å². The number of non-ortho nitro benzene ring substituents is 1. The number of carboxylic acid groups (broad SMARTS) is 1. The van der Waals surface area contributed by atoms with Crippen LogP contribution in [0.15, 0.2) is 22.7 Å². The van der Waals surface area contributed by atoms with Gasteiger partial charge in [-0.15, -0.1) is 0 Å². The van der Waals surface area contributed by atoms with Crippen molar-refractivity contribution in [1.82, 2.24) is 5.32 Å². The van der Waals surface area contributed by atoms with Crippen LogP contribution < -0.4 is 5.32 Å². The smallest absolute Gasteiger partial charge is 0.305 e. The number of nitrogens with zero attached hydrogens (tertiary/aromatic N) is 1. The second-order valence-electron chi connectivity index (χ2n) is 5.82. The van der Waals surface area contributed by atoms with E-state index in [-0.39, 0.29) is 24.4 Å². The Bertz CT molecular complexity index is 641. The fourth-order valence-electron chi connectivity index (χ4n) is 2.99. The van der Waals surface area contributed by atoms with Gasteiger partial charge in [0.2, 0.25) is 5.91 Å². The van der Waals surface area contributed by atoms with Crippen molar-refractivity contribution in [3.05, 3.63) is 38.3 Å². The van der Waals surface area contributed by atoms with E-state index in [1.165, 1.54) is 18.2 Å². The van der Waals surface area contributed by atoms with Gasteiger partial charge >= 0.3 is 5.97 Å². The number of amides is 1. The zero-order chi connectivity index (χ0) is 17.0. The lowest BCUT2D eigenvalue weighted by molar-refractivity contribution is -0.384. The number of nitro groups is 1. The van der Waals surface area contributed by atoms with Crippen molar-refractivity contribution in [2.75, 3.05) is 0 Å². The maximum Gasteiger partial charge on any atom is 0.305 e. The Labute approximate surface area is 141 Å². The van der Waals surface area contributed by atoms with Crippen LogP contribution in [0.4, 0.5) is 5.69 Å². The van der Waals surface area contributed by atoms with E-state index in [1.807, 2.05) is 0 Å². The standard InChI is InChI=1S/C15H17BrN2O5/c16-12-8-11(18(22)23)4-3-10(12)7-13(19)17-15(9-14(20)21)5-1-2-6-15/h3-4,8H,1-2,5-7,9H2,(H,17,19)(H,20,21). The molecule has 1 aromatic carbocycles. The second kappa shape index (κ2) is 7.08. The van der Waals surface area contributed by atoms with E-state index in [4.69, 9.17) is 5.11 Å². The highest BCUT2D eigenvalue weighted by atomic mass is 79.9. The molecule has 1 saturated carbocycles. The lowest BCUT2D eigenvalue weighted by Gasteiger charge is -2.28. The van der Waals surface area contributed by atoms with Crippen LogP contribution in [0.2, 0.25) is 0 Å². The first-order chi connectivity index (χ1) is 10.8. The first kappa shape index (κ1) is 17.4. The molecule has 1 aliphatic carbocycles. The van der Waals surface area contributed by atoms with E-state index < -0.39 is 16.4 Å². The van der Waals surface area contributed by atoms with Crippen LogP contribution in [0, 0.1) is 10.1 Å². The summed E-state index contributed by atoms with van der Waals surface area (Å²) < 4.78 is 0.487. The third-order valence-electron chi connectivity index (χ3n) is 4.05. The highest BCUT2D eigenvalue weighted by Gasteiger charge is 2.37. The minimum absolute atomic E-state index is 0.0416. The van der Waals surface area contributed by atoms with Gasteiger partial charge in [0.1, 0.15) is 0 Å². The van der Waals surface area contributed by atoms with E-state index in [0.717, 1.165) is 12.8 Å². The molecule has 0 bridgehead atoms. The summed E-state index contributed by atoms with van der Waals surface area (Å²) in [5, 5.41) is 22.6. The molecule has 2 N–H and O–H groups in total. The molecule has 0 heterocycles. The number of carboxylic acids is 1. The van der Waals surface area contributed by atoms with Crippen molar-refractivity contribution in [1.29, 1.82) is 0 Å². The molecule has 23 heavy (non-hydrogen) atoms. The summed E-state index contributed by atoms with van der Waals surface area (Å²) in [5.41, 5.74) is -0.105. The van der Waals surface area contributed by atoms with Crippen molar-refractivity contribution < 1.29 is 19.6 Å². The predicted octanol–water partition coefficient (Wildman–Crippen LogP) is 2.80. The average Bonchev–Trinajstić information content (AvgIpc) is 2.87. The number of aliphatic carboxylic acids is 1. The van der Waals surface area contributed by atoms with E-state index in [2.05, 4.69) is 21.2 Å². The maximum absolute atomic E-state index is 12.3. The molecule has 0 unspecified atom stereocenters. The minimum atomic E-state index is -0.927. The van der Waals surface area contributed by atoms with Crippen molar-refractivity contribution in [2.24, 2.45) is 0 Å². The van der Waals surface area contributed by atoms with Gasteiger partial charge in [0.25, 0.3) is 5.69 Å². The van der Waals surface area contributed by atoms with Gasteiger partial charge in [0.15, 0.2) is 0 Å². The molecule has 124 valence electrons. The summed E-state index contributed by atoms with van der Waals surface area (Å²) in [6, 6.07) is 4.22. The highest BCUT2D eigenvalue weighted by Crippen LogP contribution is 2.33. The van der Waals surface area contributed by atoms with Gasteiger partial charge in [-0.3, -0.25) is 19.7 Å². The Hall–Kier alpha value is -1.96. The number of halogens is 1. The van der Waals surface area contributed by atoms with Gasteiger partial charge in [-0.25, -0.2) is 0 Å². The first-order valence-corrected chi connectivity index (χ1v) is 8.06. The zero-order valence-corrected chi connectivity index (χ0v) is 14.0. The third-order valence-corrected chi connectivity index (χ3v) is 4.79. The fraction of sp³-hybridized carbons (Fsp3) is 0.467. The summed E-state index contributed by atoms with van der Waals surface area (Å²) in [5.74, 6) is -1.20. The van der Waals surface area contributed by atoms with Gasteiger partial charge < -0.3 is 10.4 Å². The van der Waals surface area contributed by atoms with Crippen LogP contribution in [0.25, 0.3) is 0 Å². The quantitative estimate of drug-likeness (QED) is 0.578. The minimum Gasteiger partial charge on any atom is -0.481 e. The normalized spacial score (nSPS) is 16.0. The number of benzene rings is 1. The topological polar surface area (TPSA) is 110 Å². The molecule has 2 rings (SSSR count). The molecule has 1 aliphatic rings. The summed E-state index contributed by atoms with van der Waals surface area (Å²) in [6.07, 6.45) is 3.07. The summed E-state index contributed by atoms with van der Waals surface area (Å²) >= 11 is 3.23. The van der Waals surface area contributed by atoms with Crippen LogP contribution in [-0.4, -0.2) is 27.4 Å². The number of rotatable bonds is 6. The van der Waals surface area contributed by atoms with Crippen LogP contribution >= 0.6 is 15.9 Å². The molecular formula is C15H17BrN2O5. The summed E-state index contributed by atoms with van der Waals surface area (Å²) in [7, 11) is 0. The molecule has 1 aromatic rings. The number of carbonyl (C=O) groups excluding carboxylic acids is 1. The van der Waals surface area contributed by atoms with Gasteiger partial charge in [-0.05, 0) is 18.4 Å². The van der Waals surface area contributed by atoms with Crippen molar-refractivity contribution in [2.45, 2.75) is 44.1 Å². The Morgan fingerprint density at radius 1 is 1.35 bits per heavy atom. The lowest BCUT2D eigenvalue weighted by Crippen LogP contribution is -2.48. The Morgan fingerprint density at radius 2 is 2.00 bits per heavy atom. The zero-order valence-electron chi connectivity index (χ0n) is 12.4. The largest absolute Gasteiger partial charge is 0.481 e. The van der Waals surface area contributed by atoms with Crippen LogP contribution in [0.3, 0.4) is 0 Å². The van der Waals surface area contributed by atoms with Gasteiger partial charge in [-0.2, -0.15) is 0 Å². The van der Waals surface area contributed by atoms with E-state index in [9.17, 15) is 19.7 Å². The Kier molecular flexibility index (Phi) is 5.35. The maximum atomic E-state index is 12.3. The number of hydrogen-bond donors (Lipinski definition) is 2. The molecule has 0 radical (unpaired) electrons. The van der Waals surface area contributed by atoms with E-state index in [0.29, 0.717) is 22.9 Å². The number of nitrogens with one attached hydrogen (secondary N) is 1. The van der Waals surface area contributed by atoms with Gasteiger partial charge in [0, 0.05) is 16.6 Å². The summed E-state index contributed by atoms with van der Waals surface area (Å²) in [4.78, 5) is 33.5. The number of hydrogen-bond acceptors (Lipinski definition) is 4. The first-order valence-electron chi connectivity index (χ1n) is 7.27. The van der Waals surface area contributed by atoms with Gasteiger partial charge in [-0.1, -0.05) is 34.8 Å². The highest BCUT2D eigenvalue weighted by molar-refractivity contribution is 9.10. The Balaban J connectivity index is 2.06. The SMILES string of the molecule is O=C(O)CC1(NC(=O)Cc2ccc([N+](=O)[O-])cc2Br)CCCC1.